The van der Waals surface area contributed by atoms with Crippen LogP contribution < -0.4 is 5.32 Å². The number of hydrogen-bond donors (Lipinski definition) is 1. The van der Waals surface area contributed by atoms with E-state index in [1.165, 1.54) is 12.5 Å². The van der Waals surface area contributed by atoms with Crippen LogP contribution in [0.25, 0.3) is 0 Å². The highest BCUT2D eigenvalue weighted by Crippen LogP contribution is 2.34. The van der Waals surface area contributed by atoms with Gasteiger partial charge in [-0.1, -0.05) is 37.8 Å². The molecule has 1 N–H and O–H groups in total. The third-order valence-electron chi connectivity index (χ3n) is 4.22. The summed E-state index contributed by atoms with van der Waals surface area (Å²) in [6.07, 6.45) is 4.45. The summed E-state index contributed by atoms with van der Waals surface area (Å²) in [6, 6.07) is 4.96. The zero-order chi connectivity index (χ0) is 15.9. The number of nitro groups is 1. The number of unbranched alkanes of at least 4 members (excludes halogenated alkanes) is 2. The lowest BCUT2D eigenvalue weighted by atomic mass is 9.97. The zero-order valence-corrected chi connectivity index (χ0v) is 13.8. The van der Waals surface area contributed by atoms with E-state index >= 15 is 0 Å². The maximum atomic E-state index is 11.1. The van der Waals surface area contributed by atoms with E-state index in [2.05, 4.69) is 17.1 Å². The molecule has 122 valence electrons. The van der Waals surface area contributed by atoms with Gasteiger partial charge in [-0.3, -0.25) is 15.0 Å². The number of nitrogens with zero attached hydrogens (tertiary/aromatic N) is 2. The third kappa shape index (κ3) is 4.41. The largest absolute Gasteiger partial charge is 0.314 e. The highest BCUT2D eigenvalue weighted by molar-refractivity contribution is 6.31. The molecule has 1 aromatic rings. The number of halogens is 1. The summed E-state index contributed by atoms with van der Waals surface area (Å²) in [5, 5.41) is 15.0. The van der Waals surface area contributed by atoms with Crippen LogP contribution >= 0.6 is 11.6 Å². The van der Waals surface area contributed by atoms with Crippen LogP contribution in [0.2, 0.25) is 5.02 Å². The van der Waals surface area contributed by atoms with Gasteiger partial charge in [0.15, 0.2) is 0 Å². The average molecular weight is 326 g/mol. The van der Waals surface area contributed by atoms with E-state index in [-0.39, 0.29) is 16.7 Å². The second kappa shape index (κ2) is 8.46. The van der Waals surface area contributed by atoms with Gasteiger partial charge in [-0.15, -0.1) is 0 Å². The Bertz CT molecular complexity index is 504. The van der Waals surface area contributed by atoms with E-state index in [0.29, 0.717) is 5.02 Å². The molecule has 1 aliphatic rings. The number of nitrogens with one attached hydrogen (secondary N) is 1. The number of non-ortho nitro benzene ring substituents is 1. The quantitative estimate of drug-likeness (QED) is 0.471. The Kier molecular flexibility index (Phi) is 6.61. The van der Waals surface area contributed by atoms with E-state index in [4.69, 9.17) is 11.6 Å². The molecule has 1 aromatic carbocycles. The summed E-state index contributed by atoms with van der Waals surface area (Å²) in [7, 11) is 0. The minimum Gasteiger partial charge on any atom is -0.314 e. The molecule has 0 aromatic heterocycles. The third-order valence-corrected chi connectivity index (χ3v) is 4.57. The molecule has 0 saturated carbocycles. The molecule has 0 bridgehead atoms. The maximum absolute atomic E-state index is 11.1. The molecule has 0 radical (unpaired) electrons. The standard InChI is InChI=1S/C16H24ClN3O2/c1-2-3-4-5-16(19-10-8-18-9-11-19)14-12-13(20(21)22)6-7-15(14)17/h6-7,12,16,18H,2-5,8-11H2,1H3/t16-/m0/s1. The van der Waals surface area contributed by atoms with Crippen LogP contribution in [0, 0.1) is 10.1 Å². The predicted molar refractivity (Wildman–Crippen MR) is 89.4 cm³/mol. The molecule has 1 fully saturated rings. The number of benzene rings is 1. The first kappa shape index (κ1) is 17.2. The summed E-state index contributed by atoms with van der Waals surface area (Å²) >= 11 is 6.36. The molecule has 1 aliphatic heterocycles. The first-order valence-corrected chi connectivity index (χ1v) is 8.40. The lowest BCUT2D eigenvalue weighted by Crippen LogP contribution is -2.45. The normalized spacial score (nSPS) is 17.4. The van der Waals surface area contributed by atoms with Gasteiger partial charge in [0.2, 0.25) is 0 Å². The first-order chi connectivity index (χ1) is 10.6. The predicted octanol–water partition coefficient (Wildman–Crippen LogP) is 3.77. The molecule has 5 nitrogen and oxygen atoms in total. The molecule has 1 heterocycles. The van der Waals surface area contributed by atoms with Crippen molar-refractivity contribution < 1.29 is 4.92 Å². The van der Waals surface area contributed by atoms with Crippen molar-refractivity contribution in [1.82, 2.24) is 10.2 Å². The molecule has 0 amide bonds. The summed E-state index contributed by atoms with van der Waals surface area (Å²) in [6.45, 7) is 6.00. The SMILES string of the molecule is CCCCC[C@@H](c1cc([N+](=O)[O-])ccc1Cl)N1CCNCC1. The first-order valence-electron chi connectivity index (χ1n) is 8.02. The van der Waals surface area contributed by atoms with Crippen molar-refractivity contribution in [2.75, 3.05) is 26.2 Å². The van der Waals surface area contributed by atoms with Gasteiger partial charge in [0.1, 0.15) is 0 Å². The van der Waals surface area contributed by atoms with Gasteiger partial charge in [0.05, 0.1) is 4.92 Å². The highest BCUT2D eigenvalue weighted by atomic mass is 35.5. The van der Waals surface area contributed by atoms with Crippen LogP contribution in [0.5, 0.6) is 0 Å². The monoisotopic (exact) mass is 325 g/mol. The van der Waals surface area contributed by atoms with E-state index in [0.717, 1.165) is 51.0 Å². The number of nitro benzene ring substituents is 1. The lowest BCUT2D eigenvalue weighted by Gasteiger charge is -2.35. The van der Waals surface area contributed by atoms with Crippen molar-refractivity contribution >= 4 is 17.3 Å². The Morgan fingerprint density at radius 2 is 2.09 bits per heavy atom. The minimum atomic E-state index is -0.347. The van der Waals surface area contributed by atoms with Crippen LogP contribution in [-0.2, 0) is 0 Å². The summed E-state index contributed by atoms with van der Waals surface area (Å²) in [5.74, 6) is 0. The zero-order valence-electron chi connectivity index (χ0n) is 13.1. The van der Waals surface area contributed by atoms with Crippen LogP contribution in [0.15, 0.2) is 18.2 Å². The molecule has 6 heteroatoms. The molecule has 0 unspecified atom stereocenters. The maximum Gasteiger partial charge on any atom is 0.269 e. The lowest BCUT2D eigenvalue weighted by molar-refractivity contribution is -0.385. The van der Waals surface area contributed by atoms with Crippen molar-refractivity contribution in [1.29, 1.82) is 0 Å². The van der Waals surface area contributed by atoms with Gasteiger partial charge in [0, 0.05) is 49.4 Å². The minimum absolute atomic E-state index is 0.120. The Morgan fingerprint density at radius 3 is 2.73 bits per heavy atom. The van der Waals surface area contributed by atoms with Gasteiger partial charge in [-0.05, 0) is 18.1 Å². The van der Waals surface area contributed by atoms with Gasteiger partial charge in [-0.2, -0.15) is 0 Å². The van der Waals surface area contributed by atoms with Crippen molar-refractivity contribution in [3.05, 3.63) is 38.9 Å². The van der Waals surface area contributed by atoms with Gasteiger partial charge >= 0.3 is 0 Å². The Hall–Kier alpha value is -1.17. The fourth-order valence-electron chi connectivity index (χ4n) is 3.02. The Morgan fingerprint density at radius 1 is 1.36 bits per heavy atom. The van der Waals surface area contributed by atoms with Crippen molar-refractivity contribution in [2.24, 2.45) is 0 Å². The topological polar surface area (TPSA) is 58.4 Å². The van der Waals surface area contributed by atoms with Crippen molar-refractivity contribution in [2.45, 2.75) is 38.6 Å². The molecule has 2 rings (SSSR count). The number of hydrogen-bond acceptors (Lipinski definition) is 4. The summed E-state index contributed by atoms with van der Waals surface area (Å²) in [4.78, 5) is 13.1. The Labute approximate surface area is 136 Å². The second-order valence-electron chi connectivity index (χ2n) is 5.76. The average Bonchev–Trinajstić information content (AvgIpc) is 2.53. The van der Waals surface area contributed by atoms with Crippen LogP contribution in [-0.4, -0.2) is 36.0 Å². The number of rotatable bonds is 7. The van der Waals surface area contributed by atoms with Crippen LogP contribution in [0.1, 0.15) is 44.2 Å². The highest BCUT2D eigenvalue weighted by Gasteiger charge is 2.25. The van der Waals surface area contributed by atoms with Crippen molar-refractivity contribution in [3.63, 3.8) is 0 Å². The fraction of sp³-hybridized carbons (Fsp3) is 0.625. The molecule has 1 saturated heterocycles. The van der Waals surface area contributed by atoms with Crippen molar-refractivity contribution in [3.8, 4) is 0 Å². The van der Waals surface area contributed by atoms with E-state index in [1.807, 2.05) is 0 Å². The summed E-state index contributed by atoms with van der Waals surface area (Å²) < 4.78 is 0. The van der Waals surface area contributed by atoms with E-state index in [9.17, 15) is 10.1 Å². The molecule has 0 spiro atoms. The summed E-state index contributed by atoms with van der Waals surface area (Å²) in [5.41, 5.74) is 1.02. The number of piperazine rings is 1. The molecule has 22 heavy (non-hydrogen) atoms. The van der Waals surface area contributed by atoms with Gasteiger partial charge in [0.25, 0.3) is 5.69 Å². The van der Waals surface area contributed by atoms with Gasteiger partial charge in [-0.25, -0.2) is 0 Å². The van der Waals surface area contributed by atoms with Gasteiger partial charge < -0.3 is 5.32 Å². The Balaban J connectivity index is 2.25. The molecule has 0 aliphatic carbocycles. The molecular weight excluding hydrogens is 302 g/mol. The molecule has 1 atom stereocenters. The smallest absolute Gasteiger partial charge is 0.269 e. The van der Waals surface area contributed by atoms with Crippen LogP contribution in [0.3, 0.4) is 0 Å². The molecular formula is C16H24ClN3O2. The van der Waals surface area contributed by atoms with Crippen LogP contribution in [0.4, 0.5) is 5.69 Å². The van der Waals surface area contributed by atoms with E-state index in [1.54, 1.807) is 12.1 Å². The second-order valence-corrected chi connectivity index (χ2v) is 6.17. The fourth-order valence-corrected chi connectivity index (χ4v) is 3.26. The van der Waals surface area contributed by atoms with E-state index < -0.39 is 0 Å².